The summed E-state index contributed by atoms with van der Waals surface area (Å²) in [5, 5.41) is 10.3. The molecule has 1 N–H and O–H groups in total. The zero-order valence-corrected chi connectivity index (χ0v) is 11.0. The van der Waals surface area contributed by atoms with Gasteiger partial charge >= 0.3 is 0 Å². The summed E-state index contributed by atoms with van der Waals surface area (Å²) in [7, 11) is 0. The molecule has 0 aromatic heterocycles. The number of carbonyl (C=O) groups excluding carboxylic acids is 2. The number of fused-ring (bicyclic) bond motifs is 3. The fourth-order valence-corrected chi connectivity index (χ4v) is 2.96. The van der Waals surface area contributed by atoms with Gasteiger partial charge in [0.1, 0.15) is 6.10 Å². The number of aliphatic hydroxyl groups is 1. The van der Waals surface area contributed by atoms with Crippen molar-refractivity contribution in [1.82, 2.24) is 0 Å². The van der Waals surface area contributed by atoms with Crippen LogP contribution < -0.4 is 4.90 Å². The number of aliphatic hydroxyl groups excluding tert-OH is 1. The van der Waals surface area contributed by atoms with E-state index in [1.807, 2.05) is 24.3 Å². The van der Waals surface area contributed by atoms with Crippen LogP contribution in [0, 0.1) is 0 Å². The number of anilines is 1. The number of hydrogen-bond donors (Lipinski definition) is 1. The highest BCUT2D eigenvalue weighted by molar-refractivity contribution is 6.28. The van der Waals surface area contributed by atoms with Gasteiger partial charge in [-0.25, -0.2) is 4.90 Å². The van der Waals surface area contributed by atoms with E-state index in [1.165, 1.54) is 12.2 Å². The molecule has 2 aliphatic rings. The van der Waals surface area contributed by atoms with Crippen LogP contribution in [0.5, 0.6) is 0 Å². The first kappa shape index (κ1) is 12.1. The minimum absolute atomic E-state index is 0.341. The van der Waals surface area contributed by atoms with Crippen molar-refractivity contribution in [1.29, 1.82) is 0 Å². The maximum Gasteiger partial charge on any atom is 0.258 e. The molecular formula is C17H11NO3. The van der Waals surface area contributed by atoms with Crippen molar-refractivity contribution in [3.8, 4) is 11.1 Å². The van der Waals surface area contributed by atoms with Crippen LogP contribution in [0.3, 0.4) is 0 Å². The molecule has 2 aromatic carbocycles. The molecule has 2 aromatic rings. The molecule has 102 valence electrons. The number of nitrogens with zero attached hydrogens (tertiary/aromatic N) is 1. The van der Waals surface area contributed by atoms with Crippen molar-refractivity contribution in [2.45, 2.75) is 6.10 Å². The largest absolute Gasteiger partial charge is 0.384 e. The van der Waals surface area contributed by atoms with Crippen LogP contribution in [0.2, 0.25) is 0 Å². The molecule has 0 radical (unpaired) electrons. The molecule has 0 saturated heterocycles. The Hall–Kier alpha value is -2.72. The average molecular weight is 277 g/mol. The summed E-state index contributed by atoms with van der Waals surface area (Å²) in [6, 6.07) is 12.8. The van der Waals surface area contributed by atoms with Crippen molar-refractivity contribution in [2.75, 3.05) is 4.90 Å². The third-order valence-electron chi connectivity index (χ3n) is 3.94. The van der Waals surface area contributed by atoms with Gasteiger partial charge in [-0.15, -0.1) is 0 Å². The molecule has 4 nitrogen and oxygen atoms in total. The highest BCUT2D eigenvalue weighted by Crippen LogP contribution is 2.44. The molecule has 0 spiro atoms. The lowest BCUT2D eigenvalue weighted by molar-refractivity contribution is -0.119. The van der Waals surface area contributed by atoms with Gasteiger partial charge in [0, 0.05) is 12.2 Å². The van der Waals surface area contributed by atoms with Gasteiger partial charge in [0.05, 0.1) is 5.69 Å². The number of carbonyl (C=O) groups is 2. The van der Waals surface area contributed by atoms with Crippen LogP contribution in [0.15, 0.2) is 54.6 Å². The fraction of sp³-hybridized carbons (Fsp3) is 0.0588. The zero-order chi connectivity index (χ0) is 14.6. The smallest absolute Gasteiger partial charge is 0.258 e. The van der Waals surface area contributed by atoms with E-state index in [0.29, 0.717) is 5.69 Å². The van der Waals surface area contributed by atoms with Gasteiger partial charge in [-0.05, 0) is 34.4 Å². The van der Waals surface area contributed by atoms with Gasteiger partial charge in [0.25, 0.3) is 11.8 Å². The molecule has 21 heavy (non-hydrogen) atoms. The van der Waals surface area contributed by atoms with Gasteiger partial charge in [0.15, 0.2) is 0 Å². The predicted molar refractivity (Wildman–Crippen MR) is 77.6 cm³/mol. The molecule has 4 heteroatoms. The van der Waals surface area contributed by atoms with Gasteiger partial charge in [0.2, 0.25) is 0 Å². The van der Waals surface area contributed by atoms with Crippen LogP contribution in [0.1, 0.15) is 17.2 Å². The summed E-state index contributed by atoms with van der Waals surface area (Å²) in [5.74, 6) is -0.682. The van der Waals surface area contributed by atoms with Crippen LogP contribution >= 0.6 is 0 Å². The second kappa shape index (κ2) is 4.14. The minimum atomic E-state index is -0.659. The Morgan fingerprint density at radius 3 is 2.29 bits per heavy atom. The molecule has 1 aliphatic heterocycles. The first-order valence-electron chi connectivity index (χ1n) is 6.64. The number of amides is 2. The van der Waals surface area contributed by atoms with E-state index in [2.05, 4.69) is 0 Å². The van der Waals surface area contributed by atoms with E-state index in [1.54, 1.807) is 18.2 Å². The number of rotatable bonds is 1. The summed E-state index contributed by atoms with van der Waals surface area (Å²) < 4.78 is 0. The van der Waals surface area contributed by atoms with Gasteiger partial charge < -0.3 is 5.11 Å². The molecule has 1 heterocycles. The minimum Gasteiger partial charge on any atom is -0.384 e. The third-order valence-corrected chi connectivity index (χ3v) is 3.94. The van der Waals surface area contributed by atoms with E-state index in [4.69, 9.17) is 0 Å². The summed E-state index contributed by atoms with van der Waals surface area (Å²) in [6.45, 7) is 0. The Morgan fingerprint density at radius 2 is 1.52 bits per heavy atom. The molecule has 0 saturated carbocycles. The summed E-state index contributed by atoms with van der Waals surface area (Å²) >= 11 is 0. The van der Waals surface area contributed by atoms with E-state index >= 15 is 0 Å². The third kappa shape index (κ3) is 1.60. The van der Waals surface area contributed by atoms with Crippen LogP contribution in [0.25, 0.3) is 11.1 Å². The van der Waals surface area contributed by atoms with Gasteiger partial charge in [-0.3, -0.25) is 9.59 Å². The molecule has 4 rings (SSSR count). The fourth-order valence-electron chi connectivity index (χ4n) is 2.96. The highest BCUT2D eigenvalue weighted by Gasteiger charge is 2.30. The Morgan fingerprint density at radius 1 is 0.857 bits per heavy atom. The number of hydrogen-bond acceptors (Lipinski definition) is 3. The Labute approximate surface area is 120 Å². The van der Waals surface area contributed by atoms with Gasteiger partial charge in [-0.1, -0.05) is 30.3 Å². The summed E-state index contributed by atoms with van der Waals surface area (Å²) in [5.41, 5.74) is 3.98. The van der Waals surface area contributed by atoms with E-state index in [0.717, 1.165) is 27.2 Å². The predicted octanol–water partition coefficient (Wildman–Crippen LogP) is 2.18. The molecule has 0 fully saturated rings. The lowest BCUT2D eigenvalue weighted by atomic mass is 10.0. The van der Waals surface area contributed by atoms with Crippen LogP contribution in [-0.4, -0.2) is 16.9 Å². The van der Waals surface area contributed by atoms with Crippen molar-refractivity contribution < 1.29 is 14.7 Å². The first-order valence-corrected chi connectivity index (χ1v) is 6.64. The zero-order valence-electron chi connectivity index (χ0n) is 11.0. The molecule has 1 unspecified atom stereocenters. The second-order valence-corrected chi connectivity index (χ2v) is 5.11. The van der Waals surface area contributed by atoms with Crippen molar-refractivity contribution >= 4 is 17.5 Å². The Kier molecular flexibility index (Phi) is 2.37. The van der Waals surface area contributed by atoms with E-state index < -0.39 is 6.10 Å². The molecule has 2 amide bonds. The van der Waals surface area contributed by atoms with Crippen molar-refractivity contribution in [3.05, 3.63) is 65.7 Å². The number of imide groups is 1. The summed E-state index contributed by atoms with van der Waals surface area (Å²) in [4.78, 5) is 24.7. The van der Waals surface area contributed by atoms with Crippen LogP contribution in [0.4, 0.5) is 5.69 Å². The molecule has 1 aliphatic carbocycles. The van der Waals surface area contributed by atoms with Gasteiger partial charge in [-0.2, -0.15) is 0 Å². The monoisotopic (exact) mass is 277 g/mol. The Balaban J connectivity index is 1.87. The van der Waals surface area contributed by atoms with E-state index in [-0.39, 0.29) is 11.8 Å². The summed E-state index contributed by atoms with van der Waals surface area (Å²) in [6.07, 6.45) is 1.87. The maximum atomic E-state index is 11.8. The highest BCUT2D eigenvalue weighted by atomic mass is 16.3. The van der Waals surface area contributed by atoms with E-state index in [9.17, 15) is 14.7 Å². The second-order valence-electron chi connectivity index (χ2n) is 5.11. The molecular weight excluding hydrogens is 266 g/mol. The molecule has 0 bridgehead atoms. The SMILES string of the molecule is O=C1C=CC(=O)N1c1ccc2c(c1)-c1ccccc1C2O. The normalized spacial score (nSPS) is 19.1. The Bertz CT molecular complexity index is 805. The maximum absolute atomic E-state index is 11.8. The first-order chi connectivity index (χ1) is 10.2. The average Bonchev–Trinajstić information content (AvgIpc) is 2.98. The van der Waals surface area contributed by atoms with Crippen molar-refractivity contribution in [2.24, 2.45) is 0 Å². The van der Waals surface area contributed by atoms with Crippen LogP contribution in [-0.2, 0) is 9.59 Å². The lowest BCUT2D eigenvalue weighted by Crippen LogP contribution is -2.29. The molecule has 1 atom stereocenters. The lowest BCUT2D eigenvalue weighted by Gasteiger charge is -2.15. The quantitative estimate of drug-likeness (QED) is 0.813. The topological polar surface area (TPSA) is 57.6 Å². The van der Waals surface area contributed by atoms with Crippen molar-refractivity contribution in [3.63, 3.8) is 0 Å². The number of benzene rings is 2. The standard InChI is InChI=1S/C17H11NO3/c19-15-7-8-16(20)18(15)10-5-6-13-14(9-10)11-3-1-2-4-12(11)17(13)21/h1-9,17,21H.